The normalized spacial score (nSPS) is 10.7. The molecule has 0 bridgehead atoms. The molecule has 0 aliphatic carbocycles. The number of ether oxygens (including phenoxy) is 2. The van der Waals surface area contributed by atoms with Crippen LogP contribution in [0, 0.1) is 0 Å². The van der Waals surface area contributed by atoms with Gasteiger partial charge in [-0.2, -0.15) is 0 Å². The van der Waals surface area contributed by atoms with Crippen LogP contribution < -0.4 is 0 Å². The summed E-state index contributed by atoms with van der Waals surface area (Å²) in [5.41, 5.74) is 4.54. The van der Waals surface area contributed by atoms with Crippen molar-refractivity contribution >= 4 is 23.5 Å². The lowest BCUT2D eigenvalue weighted by molar-refractivity contribution is -0.142. The third-order valence-corrected chi connectivity index (χ3v) is 5.75. The Bertz CT molecular complexity index is 1150. The molecule has 0 saturated heterocycles. The van der Waals surface area contributed by atoms with E-state index in [1.54, 1.807) is 13.0 Å². The highest BCUT2D eigenvalue weighted by Crippen LogP contribution is 2.26. The summed E-state index contributed by atoms with van der Waals surface area (Å²) in [6, 6.07) is 15.2. The molecular formula is C27H29ClN2O4. The molecule has 0 spiro atoms. The third-order valence-electron chi connectivity index (χ3n) is 5.44. The number of esters is 2. The van der Waals surface area contributed by atoms with Crippen LogP contribution in [0.1, 0.15) is 59.7 Å². The Hall–Kier alpha value is -3.25. The van der Waals surface area contributed by atoms with Crippen molar-refractivity contribution in [1.82, 2.24) is 9.97 Å². The average Bonchev–Trinajstić information content (AvgIpc) is 2.85. The van der Waals surface area contributed by atoms with Crippen LogP contribution in [0.3, 0.4) is 0 Å². The topological polar surface area (TPSA) is 78.4 Å². The standard InChI is InChI=1S/C27H29ClN2O4/c1-4-6-11-24-29-23(22(26(28)30-24)17-25(31)34-5-2)16-18-12-14-19(15-13-18)20-9-7-8-10-21(20)27(32)33-3/h7-10,12-15H,4-6,11,16-17H2,1-3H3. The number of nitrogens with zero attached hydrogens (tertiary/aromatic N) is 2. The molecule has 3 aromatic rings. The minimum atomic E-state index is -0.376. The van der Waals surface area contributed by atoms with Crippen LogP contribution in [0.2, 0.25) is 5.15 Å². The maximum Gasteiger partial charge on any atom is 0.338 e. The summed E-state index contributed by atoms with van der Waals surface area (Å²) < 4.78 is 10.0. The van der Waals surface area contributed by atoms with Crippen molar-refractivity contribution in [2.75, 3.05) is 13.7 Å². The first kappa shape index (κ1) is 25.4. The Balaban J connectivity index is 1.91. The van der Waals surface area contributed by atoms with E-state index >= 15 is 0 Å². The number of benzene rings is 2. The number of hydrogen-bond acceptors (Lipinski definition) is 6. The second-order valence-corrected chi connectivity index (χ2v) is 8.21. The van der Waals surface area contributed by atoms with Gasteiger partial charge in [-0.05, 0) is 36.1 Å². The first-order valence-corrected chi connectivity index (χ1v) is 11.8. The average molecular weight is 481 g/mol. The molecule has 3 rings (SSSR count). The number of carbonyl (C=O) groups is 2. The Morgan fingerprint density at radius 3 is 2.41 bits per heavy atom. The molecule has 0 aliphatic rings. The van der Waals surface area contributed by atoms with E-state index in [2.05, 4.69) is 11.9 Å². The van der Waals surface area contributed by atoms with Crippen LogP contribution in [-0.2, 0) is 33.5 Å². The van der Waals surface area contributed by atoms with Gasteiger partial charge in [-0.3, -0.25) is 4.79 Å². The van der Waals surface area contributed by atoms with E-state index in [0.29, 0.717) is 35.1 Å². The van der Waals surface area contributed by atoms with Gasteiger partial charge in [0.2, 0.25) is 0 Å². The summed E-state index contributed by atoms with van der Waals surface area (Å²) in [6.45, 7) is 4.18. The predicted octanol–water partition coefficient (Wildman–Crippen LogP) is 5.62. The molecule has 0 amide bonds. The lowest BCUT2D eigenvalue weighted by atomic mass is 9.97. The highest BCUT2D eigenvalue weighted by molar-refractivity contribution is 6.30. The Kier molecular flexibility index (Phi) is 9.16. The van der Waals surface area contributed by atoms with E-state index in [1.165, 1.54) is 7.11 Å². The fraction of sp³-hybridized carbons (Fsp3) is 0.333. The van der Waals surface area contributed by atoms with Gasteiger partial charge in [0.05, 0.1) is 31.4 Å². The van der Waals surface area contributed by atoms with Crippen LogP contribution in [0.5, 0.6) is 0 Å². The van der Waals surface area contributed by atoms with Gasteiger partial charge in [-0.1, -0.05) is 67.4 Å². The van der Waals surface area contributed by atoms with Gasteiger partial charge >= 0.3 is 11.9 Å². The summed E-state index contributed by atoms with van der Waals surface area (Å²) in [5, 5.41) is 0.299. The summed E-state index contributed by atoms with van der Waals surface area (Å²) >= 11 is 6.49. The SMILES string of the molecule is CCCCc1nc(Cl)c(CC(=O)OCC)c(Cc2ccc(-c3ccccc3C(=O)OC)cc2)n1. The molecule has 0 N–H and O–H groups in total. The summed E-state index contributed by atoms with van der Waals surface area (Å²) in [5.74, 6) is -0.0538. The number of aryl methyl sites for hydroxylation is 1. The summed E-state index contributed by atoms with van der Waals surface area (Å²) in [4.78, 5) is 33.5. The minimum absolute atomic E-state index is 0.0284. The smallest absolute Gasteiger partial charge is 0.338 e. The molecule has 0 unspecified atom stereocenters. The summed E-state index contributed by atoms with van der Waals surface area (Å²) in [6.07, 6.45) is 3.23. The molecule has 6 nitrogen and oxygen atoms in total. The molecule has 0 aliphatic heterocycles. The number of carbonyl (C=O) groups excluding carboxylic acids is 2. The highest BCUT2D eigenvalue weighted by Gasteiger charge is 2.18. The Labute approximate surface area is 205 Å². The van der Waals surface area contributed by atoms with Crippen molar-refractivity contribution < 1.29 is 19.1 Å². The van der Waals surface area contributed by atoms with Crippen molar-refractivity contribution in [1.29, 1.82) is 0 Å². The Morgan fingerprint density at radius 2 is 1.74 bits per heavy atom. The largest absolute Gasteiger partial charge is 0.466 e. The number of rotatable bonds is 10. The summed E-state index contributed by atoms with van der Waals surface area (Å²) in [7, 11) is 1.37. The van der Waals surface area contributed by atoms with E-state index < -0.39 is 0 Å². The minimum Gasteiger partial charge on any atom is -0.466 e. The number of aromatic nitrogens is 2. The Morgan fingerprint density at radius 1 is 1.00 bits per heavy atom. The van der Waals surface area contributed by atoms with E-state index in [-0.39, 0.29) is 18.4 Å². The maximum absolute atomic E-state index is 12.2. The van der Waals surface area contributed by atoms with Gasteiger partial charge in [-0.15, -0.1) is 0 Å². The second-order valence-electron chi connectivity index (χ2n) is 7.85. The molecule has 0 atom stereocenters. The zero-order chi connectivity index (χ0) is 24.5. The number of halogens is 1. The van der Waals surface area contributed by atoms with Gasteiger partial charge < -0.3 is 9.47 Å². The maximum atomic E-state index is 12.2. The van der Waals surface area contributed by atoms with Crippen LogP contribution in [0.15, 0.2) is 48.5 Å². The number of hydrogen-bond donors (Lipinski definition) is 0. The zero-order valence-electron chi connectivity index (χ0n) is 19.8. The molecule has 0 saturated carbocycles. The second kappa shape index (κ2) is 12.3. The zero-order valence-corrected chi connectivity index (χ0v) is 20.5. The van der Waals surface area contributed by atoms with Gasteiger partial charge in [-0.25, -0.2) is 14.8 Å². The number of methoxy groups -OCH3 is 1. The molecule has 1 heterocycles. The quantitative estimate of drug-likeness (QED) is 0.276. The first-order valence-electron chi connectivity index (χ1n) is 11.4. The van der Waals surface area contributed by atoms with E-state index in [0.717, 1.165) is 41.6 Å². The van der Waals surface area contributed by atoms with Crippen LogP contribution in [-0.4, -0.2) is 35.6 Å². The van der Waals surface area contributed by atoms with Gasteiger partial charge in [0.1, 0.15) is 11.0 Å². The van der Waals surface area contributed by atoms with E-state index in [9.17, 15) is 9.59 Å². The van der Waals surface area contributed by atoms with Gasteiger partial charge in [0, 0.05) is 18.4 Å². The van der Waals surface area contributed by atoms with Crippen molar-refractivity contribution in [2.24, 2.45) is 0 Å². The molecule has 7 heteroatoms. The molecule has 1 aromatic heterocycles. The lowest BCUT2D eigenvalue weighted by Gasteiger charge is -2.13. The molecule has 34 heavy (non-hydrogen) atoms. The van der Waals surface area contributed by atoms with Crippen molar-refractivity contribution in [2.45, 2.75) is 46.0 Å². The van der Waals surface area contributed by atoms with Crippen LogP contribution >= 0.6 is 11.6 Å². The number of unbranched alkanes of at least 4 members (excludes halogenated alkanes) is 1. The van der Waals surface area contributed by atoms with Crippen molar-refractivity contribution in [3.05, 3.63) is 81.9 Å². The molecule has 2 aromatic carbocycles. The van der Waals surface area contributed by atoms with Crippen molar-refractivity contribution in [3.8, 4) is 11.1 Å². The monoisotopic (exact) mass is 480 g/mol. The first-order chi connectivity index (χ1) is 16.5. The highest BCUT2D eigenvalue weighted by atomic mass is 35.5. The van der Waals surface area contributed by atoms with E-state index in [4.69, 9.17) is 26.1 Å². The van der Waals surface area contributed by atoms with Gasteiger partial charge in [0.15, 0.2) is 0 Å². The van der Waals surface area contributed by atoms with Gasteiger partial charge in [0.25, 0.3) is 0 Å². The predicted molar refractivity (Wildman–Crippen MR) is 132 cm³/mol. The van der Waals surface area contributed by atoms with Crippen LogP contribution in [0.4, 0.5) is 0 Å². The molecular weight excluding hydrogens is 452 g/mol. The third kappa shape index (κ3) is 6.41. The lowest BCUT2D eigenvalue weighted by Crippen LogP contribution is -2.13. The fourth-order valence-electron chi connectivity index (χ4n) is 3.69. The van der Waals surface area contributed by atoms with Crippen molar-refractivity contribution in [3.63, 3.8) is 0 Å². The fourth-order valence-corrected chi connectivity index (χ4v) is 3.96. The molecule has 178 valence electrons. The molecule has 0 fully saturated rings. The van der Waals surface area contributed by atoms with E-state index in [1.807, 2.05) is 42.5 Å². The van der Waals surface area contributed by atoms with Crippen LogP contribution in [0.25, 0.3) is 11.1 Å². The molecule has 0 radical (unpaired) electrons.